The number of halogens is 1. The molecule has 2 aromatic heterocycles. The van der Waals surface area contributed by atoms with E-state index in [0.29, 0.717) is 15.6 Å². The van der Waals surface area contributed by atoms with Gasteiger partial charge in [0.2, 0.25) is 5.91 Å². The van der Waals surface area contributed by atoms with Gasteiger partial charge in [0, 0.05) is 16.1 Å². The Morgan fingerprint density at radius 3 is 2.55 bits per heavy atom. The fourth-order valence-electron chi connectivity index (χ4n) is 2.89. The molecule has 2 aromatic carbocycles. The number of carbonyl (C=O) groups excluding carboxylic acids is 2. The number of thiophene rings is 1. The standard InChI is InChI=1S/C21H17ClN4O2S/c1-13-17-11-18(29-21(17)26(25-13)16-5-3-2-4-6-16)20(28)23-12-19(27)24-15-9-7-14(22)8-10-15/h2-11H,12H2,1H3,(H,23,28)(H,24,27). The number of nitrogens with zero attached hydrogens (tertiary/aromatic N) is 2. The average molecular weight is 425 g/mol. The van der Waals surface area contributed by atoms with Crippen LogP contribution in [0.4, 0.5) is 5.69 Å². The van der Waals surface area contributed by atoms with Gasteiger partial charge in [0.1, 0.15) is 4.83 Å². The molecule has 0 bridgehead atoms. The molecule has 146 valence electrons. The lowest BCUT2D eigenvalue weighted by atomic mass is 10.3. The third-order valence-corrected chi connectivity index (χ3v) is 5.67. The zero-order valence-electron chi connectivity index (χ0n) is 15.5. The molecule has 0 aliphatic carbocycles. The Balaban J connectivity index is 1.46. The summed E-state index contributed by atoms with van der Waals surface area (Å²) in [7, 11) is 0. The second-order valence-electron chi connectivity index (χ2n) is 6.40. The first kappa shape index (κ1) is 19.2. The van der Waals surface area contributed by atoms with Crippen molar-refractivity contribution in [2.24, 2.45) is 0 Å². The van der Waals surface area contributed by atoms with Gasteiger partial charge in [0.25, 0.3) is 5.91 Å². The summed E-state index contributed by atoms with van der Waals surface area (Å²) in [6.07, 6.45) is 0. The van der Waals surface area contributed by atoms with Crippen molar-refractivity contribution in [3.63, 3.8) is 0 Å². The van der Waals surface area contributed by atoms with E-state index < -0.39 is 0 Å². The fraction of sp³-hybridized carbons (Fsp3) is 0.0952. The molecule has 29 heavy (non-hydrogen) atoms. The predicted octanol–water partition coefficient (Wildman–Crippen LogP) is 4.42. The molecule has 0 aliphatic heterocycles. The number of hydrogen-bond acceptors (Lipinski definition) is 4. The summed E-state index contributed by atoms with van der Waals surface area (Å²) < 4.78 is 1.83. The first-order valence-corrected chi connectivity index (χ1v) is 10.1. The lowest BCUT2D eigenvalue weighted by Gasteiger charge is -2.06. The maximum absolute atomic E-state index is 12.5. The first-order chi connectivity index (χ1) is 14.0. The quantitative estimate of drug-likeness (QED) is 0.498. The molecule has 4 aromatic rings. The number of carbonyl (C=O) groups is 2. The summed E-state index contributed by atoms with van der Waals surface area (Å²) in [4.78, 5) is 26.0. The summed E-state index contributed by atoms with van der Waals surface area (Å²) in [5.41, 5.74) is 2.40. The highest BCUT2D eigenvalue weighted by atomic mass is 35.5. The third kappa shape index (κ3) is 4.16. The highest BCUT2D eigenvalue weighted by Gasteiger charge is 2.17. The van der Waals surface area contributed by atoms with Gasteiger partial charge in [0.05, 0.1) is 22.8 Å². The molecule has 0 saturated heterocycles. The predicted molar refractivity (Wildman–Crippen MR) is 116 cm³/mol. The van der Waals surface area contributed by atoms with Gasteiger partial charge in [-0.05, 0) is 49.4 Å². The Hall–Kier alpha value is -3.16. The number of para-hydroxylation sites is 1. The van der Waals surface area contributed by atoms with Crippen molar-refractivity contribution in [3.8, 4) is 5.69 Å². The topological polar surface area (TPSA) is 76.0 Å². The highest BCUT2D eigenvalue weighted by molar-refractivity contribution is 7.20. The number of aromatic nitrogens is 2. The molecule has 0 spiro atoms. The molecular formula is C21H17ClN4O2S. The van der Waals surface area contributed by atoms with Crippen molar-refractivity contribution in [1.82, 2.24) is 15.1 Å². The van der Waals surface area contributed by atoms with E-state index in [2.05, 4.69) is 15.7 Å². The van der Waals surface area contributed by atoms with Crippen LogP contribution in [0.2, 0.25) is 5.02 Å². The molecule has 0 atom stereocenters. The second kappa shape index (κ2) is 8.06. The number of aryl methyl sites for hydroxylation is 1. The van der Waals surface area contributed by atoms with Crippen molar-refractivity contribution in [3.05, 3.63) is 76.3 Å². The molecule has 2 amide bonds. The molecule has 0 aliphatic rings. The first-order valence-electron chi connectivity index (χ1n) is 8.89. The lowest BCUT2D eigenvalue weighted by molar-refractivity contribution is -0.115. The number of hydrogen-bond donors (Lipinski definition) is 2. The van der Waals surface area contributed by atoms with Crippen molar-refractivity contribution in [1.29, 1.82) is 0 Å². The Bertz CT molecular complexity index is 1180. The van der Waals surface area contributed by atoms with E-state index >= 15 is 0 Å². The SMILES string of the molecule is Cc1nn(-c2ccccc2)c2sc(C(=O)NCC(=O)Nc3ccc(Cl)cc3)cc12. The lowest BCUT2D eigenvalue weighted by Crippen LogP contribution is -2.32. The van der Waals surface area contributed by atoms with E-state index in [9.17, 15) is 9.59 Å². The van der Waals surface area contributed by atoms with Gasteiger partial charge >= 0.3 is 0 Å². The van der Waals surface area contributed by atoms with E-state index in [1.54, 1.807) is 24.3 Å². The third-order valence-electron chi connectivity index (χ3n) is 4.31. The van der Waals surface area contributed by atoms with Crippen LogP contribution < -0.4 is 10.6 Å². The summed E-state index contributed by atoms with van der Waals surface area (Å²) in [5, 5.41) is 11.5. The van der Waals surface area contributed by atoms with E-state index in [1.165, 1.54) is 11.3 Å². The minimum absolute atomic E-state index is 0.125. The molecule has 0 radical (unpaired) electrons. The normalized spacial score (nSPS) is 10.8. The molecule has 0 unspecified atom stereocenters. The molecule has 0 saturated carbocycles. The molecule has 6 nitrogen and oxygen atoms in total. The minimum atomic E-state index is -0.312. The van der Waals surface area contributed by atoms with Crippen molar-refractivity contribution < 1.29 is 9.59 Å². The van der Waals surface area contributed by atoms with E-state index in [0.717, 1.165) is 21.6 Å². The summed E-state index contributed by atoms with van der Waals surface area (Å²) in [6.45, 7) is 1.79. The Kier molecular flexibility index (Phi) is 5.33. The largest absolute Gasteiger partial charge is 0.342 e. The molecule has 2 heterocycles. The van der Waals surface area contributed by atoms with Crippen LogP contribution in [-0.2, 0) is 4.79 Å². The smallest absolute Gasteiger partial charge is 0.261 e. The number of fused-ring (bicyclic) bond motifs is 1. The van der Waals surface area contributed by atoms with Crippen LogP contribution in [0.3, 0.4) is 0 Å². The molecular weight excluding hydrogens is 408 g/mol. The number of benzene rings is 2. The number of rotatable bonds is 5. The highest BCUT2D eigenvalue weighted by Crippen LogP contribution is 2.30. The maximum Gasteiger partial charge on any atom is 0.261 e. The monoisotopic (exact) mass is 424 g/mol. The van der Waals surface area contributed by atoms with Crippen molar-refractivity contribution in [2.45, 2.75) is 6.92 Å². The Morgan fingerprint density at radius 1 is 1.10 bits per heavy atom. The number of nitrogens with one attached hydrogen (secondary N) is 2. The van der Waals surface area contributed by atoms with Crippen LogP contribution >= 0.6 is 22.9 Å². The summed E-state index contributed by atoms with van der Waals surface area (Å²) in [6, 6.07) is 18.3. The average Bonchev–Trinajstić information content (AvgIpc) is 3.29. The van der Waals surface area contributed by atoms with Crippen LogP contribution in [-0.4, -0.2) is 28.1 Å². The summed E-state index contributed by atoms with van der Waals surface area (Å²) >= 11 is 7.18. The van der Waals surface area contributed by atoms with Crippen molar-refractivity contribution >= 4 is 50.7 Å². The molecule has 0 fully saturated rings. The van der Waals surface area contributed by atoms with Crippen LogP contribution in [0, 0.1) is 6.92 Å². The van der Waals surface area contributed by atoms with E-state index in [4.69, 9.17) is 11.6 Å². The van der Waals surface area contributed by atoms with Gasteiger partial charge in [-0.2, -0.15) is 5.10 Å². The van der Waals surface area contributed by atoms with Gasteiger partial charge in [-0.3, -0.25) is 9.59 Å². The summed E-state index contributed by atoms with van der Waals surface area (Å²) in [5.74, 6) is -0.607. The van der Waals surface area contributed by atoms with Crippen LogP contribution in [0.1, 0.15) is 15.4 Å². The van der Waals surface area contributed by atoms with Crippen LogP contribution in [0.25, 0.3) is 15.9 Å². The van der Waals surface area contributed by atoms with Gasteiger partial charge in [0.15, 0.2) is 0 Å². The van der Waals surface area contributed by atoms with Crippen molar-refractivity contribution in [2.75, 3.05) is 11.9 Å². The van der Waals surface area contributed by atoms with Gasteiger partial charge in [-0.25, -0.2) is 4.68 Å². The zero-order chi connectivity index (χ0) is 20.4. The molecule has 2 N–H and O–H groups in total. The zero-order valence-corrected chi connectivity index (χ0v) is 17.1. The Labute approximate surface area is 176 Å². The van der Waals surface area contributed by atoms with E-state index in [-0.39, 0.29) is 18.4 Å². The minimum Gasteiger partial charge on any atom is -0.342 e. The van der Waals surface area contributed by atoms with Gasteiger partial charge in [-0.1, -0.05) is 29.8 Å². The number of anilines is 1. The van der Waals surface area contributed by atoms with Crippen LogP contribution in [0.15, 0.2) is 60.7 Å². The van der Waals surface area contributed by atoms with Gasteiger partial charge < -0.3 is 10.6 Å². The van der Waals surface area contributed by atoms with E-state index in [1.807, 2.05) is 48.0 Å². The fourth-order valence-corrected chi connectivity index (χ4v) is 4.11. The maximum atomic E-state index is 12.5. The Morgan fingerprint density at radius 2 is 1.83 bits per heavy atom. The van der Waals surface area contributed by atoms with Crippen LogP contribution in [0.5, 0.6) is 0 Å². The van der Waals surface area contributed by atoms with Gasteiger partial charge in [-0.15, -0.1) is 11.3 Å². The molecule has 4 rings (SSSR count). The molecule has 8 heteroatoms. The second-order valence-corrected chi connectivity index (χ2v) is 7.87. The number of amides is 2.